The monoisotopic (exact) mass is 213 g/mol. The molecule has 0 spiro atoms. The maximum atomic E-state index is 10.8. The third kappa shape index (κ3) is 4.44. The Kier molecular flexibility index (Phi) is 5.36. The fourth-order valence-electron chi connectivity index (χ4n) is 1.59. The van der Waals surface area contributed by atoms with Crippen molar-refractivity contribution in [3.8, 4) is 0 Å². The van der Waals surface area contributed by atoms with Gasteiger partial charge >= 0.3 is 5.97 Å². The van der Waals surface area contributed by atoms with E-state index in [9.17, 15) is 4.79 Å². The maximum absolute atomic E-state index is 10.8. The van der Waals surface area contributed by atoms with E-state index < -0.39 is 0 Å². The molecular formula is C11H19NO3. The van der Waals surface area contributed by atoms with E-state index in [1.54, 1.807) is 0 Å². The van der Waals surface area contributed by atoms with Crippen LogP contribution in [0.2, 0.25) is 0 Å². The van der Waals surface area contributed by atoms with E-state index in [4.69, 9.17) is 9.47 Å². The van der Waals surface area contributed by atoms with Crippen LogP contribution in [0.25, 0.3) is 0 Å². The van der Waals surface area contributed by atoms with Gasteiger partial charge in [0, 0.05) is 25.2 Å². The van der Waals surface area contributed by atoms with Crippen molar-refractivity contribution in [3.63, 3.8) is 0 Å². The Balaban J connectivity index is 2.14. The quantitative estimate of drug-likeness (QED) is 0.501. The van der Waals surface area contributed by atoms with Crippen LogP contribution < -0.4 is 0 Å². The van der Waals surface area contributed by atoms with Crippen LogP contribution in [-0.2, 0) is 14.3 Å². The largest absolute Gasteiger partial charge is 0.462 e. The summed E-state index contributed by atoms with van der Waals surface area (Å²) in [6, 6.07) is 0.437. The van der Waals surface area contributed by atoms with Gasteiger partial charge in [0.2, 0.25) is 0 Å². The van der Waals surface area contributed by atoms with Gasteiger partial charge in [-0.25, -0.2) is 4.79 Å². The highest BCUT2D eigenvalue weighted by molar-refractivity contribution is 5.81. The topological polar surface area (TPSA) is 38.8 Å². The molecule has 0 aliphatic carbocycles. The van der Waals surface area contributed by atoms with Crippen LogP contribution in [-0.4, -0.2) is 49.8 Å². The summed E-state index contributed by atoms with van der Waals surface area (Å²) in [6.45, 7) is 9.50. The smallest absolute Gasteiger partial charge is 0.330 e. The number of morpholine rings is 1. The molecule has 0 amide bonds. The Morgan fingerprint density at radius 3 is 2.87 bits per heavy atom. The lowest BCUT2D eigenvalue weighted by Gasteiger charge is -2.32. The second kappa shape index (κ2) is 6.58. The number of hydrogen-bond donors (Lipinski definition) is 0. The highest BCUT2D eigenvalue weighted by atomic mass is 16.5. The van der Waals surface area contributed by atoms with E-state index >= 15 is 0 Å². The van der Waals surface area contributed by atoms with Crippen molar-refractivity contribution in [2.75, 3.05) is 32.9 Å². The summed E-state index contributed by atoms with van der Waals surface area (Å²) >= 11 is 0. The van der Waals surface area contributed by atoms with Crippen molar-refractivity contribution in [2.45, 2.75) is 19.4 Å². The van der Waals surface area contributed by atoms with Gasteiger partial charge in [0.15, 0.2) is 0 Å². The first-order chi connectivity index (χ1) is 7.24. The summed E-state index contributed by atoms with van der Waals surface area (Å²) in [5.41, 5.74) is 0. The molecule has 1 aliphatic rings. The average Bonchev–Trinajstić information content (AvgIpc) is 2.29. The minimum absolute atomic E-state index is 0.343. The Morgan fingerprint density at radius 2 is 2.27 bits per heavy atom. The van der Waals surface area contributed by atoms with Crippen LogP contribution in [0.15, 0.2) is 12.7 Å². The van der Waals surface area contributed by atoms with Crippen LogP contribution in [0.1, 0.15) is 13.3 Å². The van der Waals surface area contributed by atoms with Crippen molar-refractivity contribution in [1.82, 2.24) is 4.90 Å². The van der Waals surface area contributed by atoms with E-state index in [0.717, 1.165) is 32.7 Å². The minimum atomic E-state index is -0.343. The lowest BCUT2D eigenvalue weighted by molar-refractivity contribution is -0.138. The van der Waals surface area contributed by atoms with E-state index in [2.05, 4.69) is 18.4 Å². The molecule has 0 N–H and O–H groups in total. The highest BCUT2D eigenvalue weighted by Gasteiger charge is 2.16. The summed E-state index contributed by atoms with van der Waals surface area (Å²) in [5, 5.41) is 0. The second-order valence-corrected chi connectivity index (χ2v) is 3.66. The zero-order chi connectivity index (χ0) is 11.1. The summed E-state index contributed by atoms with van der Waals surface area (Å²) in [4.78, 5) is 13.1. The number of carbonyl (C=O) groups excluding carboxylic acids is 1. The van der Waals surface area contributed by atoms with Crippen molar-refractivity contribution in [2.24, 2.45) is 0 Å². The molecule has 0 aromatic carbocycles. The van der Waals surface area contributed by atoms with Crippen molar-refractivity contribution < 1.29 is 14.3 Å². The first-order valence-electron chi connectivity index (χ1n) is 5.35. The van der Waals surface area contributed by atoms with Gasteiger partial charge in [-0.3, -0.25) is 4.90 Å². The van der Waals surface area contributed by atoms with E-state index in [-0.39, 0.29) is 5.97 Å². The molecule has 1 heterocycles. The van der Waals surface area contributed by atoms with Gasteiger partial charge in [-0.2, -0.15) is 0 Å². The molecule has 1 fully saturated rings. The van der Waals surface area contributed by atoms with Crippen molar-refractivity contribution >= 4 is 5.97 Å². The Morgan fingerprint density at radius 1 is 1.60 bits per heavy atom. The summed E-state index contributed by atoms with van der Waals surface area (Å²) in [6.07, 6.45) is 2.05. The molecule has 86 valence electrons. The third-order valence-corrected chi connectivity index (χ3v) is 2.62. The Bertz CT molecular complexity index is 212. The Hall–Kier alpha value is -0.870. The molecule has 1 unspecified atom stereocenters. The zero-order valence-electron chi connectivity index (χ0n) is 9.28. The van der Waals surface area contributed by atoms with Gasteiger partial charge in [0.1, 0.15) is 0 Å². The maximum Gasteiger partial charge on any atom is 0.330 e. The first kappa shape index (κ1) is 12.2. The molecule has 0 aromatic heterocycles. The number of hydrogen-bond acceptors (Lipinski definition) is 4. The van der Waals surface area contributed by atoms with Gasteiger partial charge in [-0.05, 0) is 13.3 Å². The van der Waals surface area contributed by atoms with Crippen LogP contribution in [0, 0.1) is 0 Å². The van der Waals surface area contributed by atoms with Crippen molar-refractivity contribution in [3.05, 3.63) is 12.7 Å². The summed E-state index contributed by atoms with van der Waals surface area (Å²) in [7, 11) is 0. The van der Waals surface area contributed by atoms with Gasteiger partial charge in [0.25, 0.3) is 0 Å². The van der Waals surface area contributed by atoms with E-state index in [0.29, 0.717) is 12.6 Å². The molecule has 4 heteroatoms. The highest BCUT2D eigenvalue weighted by Crippen LogP contribution is 2.07. The molecule has 1 rings (SSSR count). The molecule has 1 saturated heterocycles. The molecule has 0 bridgehead atoms. The predicted octanol–water partition coefficient (Wildman–Crippen LogP) is 0.826. The average molecular weight is 213 g/mol. The molecule has 1 atom stereocenters. The molecular weight excluding hydrogens is 194 g/mol. The lowest BCUT2D eigenvalue weighted by Crippen LogP contribution is -2.42. The molecule has 1 aliphatic heterocycles. The van der Waals surface area contributed by atoms with Gasteiger partial charge < -0.3 is 9.47 Å². The summed E-state index contributed by atoms with van der Waals surface area (Å²) in [5.74, 6) is -0.343. The predicted molar refractivity (Wildman–Crippen MR) is 57.6 cm³/mol. The number of ether oxygens (including phenoxy) is 2. The number of rotatable bonds is 5. The fourth-order valence-corrected chi connectivity index (χ4v) is 1.59. The van der Waals surface area contributed by atoms with Crippen molar-refractivity contribution in [1.29, 1.82) is 0 Å². The SMILES string of the molecule is C=CC(=O)OCCC(C)N1CCOCC1. The van der Waals surface area contributed by atoms with Gasteiger partial charge in [-0.15, -0.1) is 0 Å². The normalized spacial score (nSPS) is 19.5. The fraction of sp³-hybridized carbons (Fsp3) is 0.727. The molecule has 0 radical (unpaired) electrons. The number of esters is 1. The summed E-state index contributed by atoms with van der Waals surface area (Å²) < 4.78 is 10.2. The Labute approximate surface area is 90.8 Å². The number of carbonyl (C=O) groups is 1. The molecule has 0 saturated carbocycles. The van der Waals surface area contributed by atoms with Gasteiger partial charge in [-0.1, -0.05) is 6.58 Å². The van der Waals surface area contributed by atoms with Crippen LogP contribution >= 0.6 is 0 Å². The lowest BCUT2D eigenvalue weighted by atomic mass is 10.2. The van der Waals surface area contributed by atoms with Crippen LogP contribution in [0.4, 0.5) is 0 Å². The van der Waals surface area contributed by atoms with Crippen LogP contribution in [0.3, 0.4) is 0 Å². The second-order valence-electron chi connectivity index (χ2n) is 3.66. The van der Waals surface area contributed by atoms with E-state index in [1.807, 2.05) is 0 Å². The van der Waals surface area contributed by atoms with Crippen LogP contribution in [0.5, 0.6) is 0 Å². The third-order valence-electron chi connectivity index (χ3n) is 2.62. The van der Waals surface area contributed by atoms with E-state index in [1.165, 1.54) is 6.08 Å². The first-order valence-corrected chi connectivity index (χ1v) is 5.35. The molecule has 0 aromatic rings. The molecule has 4 nitrogen and oxygen atoms in total. The standard InChI is InChI=1S/C11H19NO3/c1-3-11(13)15-7-4-10(2)12-5-8-14-9-6-12/h3,10H,1,4-9H2,2H3. The molecule has 15 heavy (non-hydrogen) atoms. The minimum Gasteiger partial charge on any atom is -0.462 e. The zero-order valence-corrected chi connectivity index (χ0v) is 9.28. The number of nitrogens with zero attached hydrogens (tertiary/aromatic N) is 1. The van der Waals surface area contributed by atoms with Gasteiger partial charge in [0.05, 0.1) is 19.8 Å².